The number of hydrogen-bond acceptors (Lipinski definition) is 3. The summed E-state index contributed by atoms with van der Waals surface area (Å²) in [5, 5.41) is 6.41. The molecule has 0 spiro atoms. The van der Waals surface area contributed by atoms with Crippen molar-refractivity contribution in [3.05, 3.63) is 22.8 Å². The van der Waals surface area contributed by atoms with Crippen LogP contribution in [0.3, 0.4) is 0 Å². The van der Waals surface area contributed by atoms with Crippen LogP contribution >= 0.6 is 11.6 Å². The van der Waals surface area contributed by atoms with E-state index >= 15 is 0 Å². The standard InChI is InChI=1S/C15H22ClN3O/c1-15(2)6-4-5-10(8-15)19-14(20)11-7-13(17-3)18-9-12(11)16/h7,9-10H,4-6,8H2,1-3H3,(H,17,18)(H,19,20). The van der Waals surface area contributed by atoms with Gasteiger partial charge in [0.2, 0.25) is 0 Å². The molecular weight excluding hydrogens is 274 g/mol. The van der Waals surface area contributed by atoms with Crippen molar-refractivity contribution in [2.75, 3.05) is 12.4 Å². The van der Waals surface area contributed by atoms with Gasteiger partial charge in [0.15, 0.2) is 0 Å². The van der Waals surface area contributed by atoms with E-state index in [2.05, 4.69) is 29.5 Å². The average Bonchev–Trinajstić information content (AvgIpc) is 2.38. The smallest absolute Gasteiger partial charge is 0.253 e. The SMILES string of the molecule is CNc1cc(C(=O)NC2CCCC(C)(C)C2)c(Cl)cn1. The Bertz CT molecular complexity index is 502. The molecule has 2 N–H and O–H groups in total. The van der Waals surface area contributed by atoms with Gasteiger partial charge in [0.1, 0.15) is 5.82 Å². The fourth-order valence-electron chi connectivity index (χ4n) is 2.83. The van der Waals surface area contributed by atoms with Gasteiger partial charge >= 0.3 is 0 Å². The highest BCUT2D eigenvalue weighted by Gasteiger charge is 2.29. The molecule has 0 aliphatic heterocycles. The molecule has 1 unspecified atom stereocenters. The minimum Gasteiger partial charge on any atom is -0.373 e. The summed E-state index contributed by atoms with van der Waals surface area (Å²) in [5.41, 5.74) is 0.781. The lowest BCUT2D eigenvalue weighted by Gasteiger charge is -2.35. The zero-order chi connectivity index (χ0) is 14.8. The highest BCUT2D eigenvalue weighted by atomic mass is 35.5. The number of hydrogen-bond donors (Lipinski definition) is 2. The number of halogens is 1. The van der Waals surface area contributed by atoms with Gasteiger partial charge in [-0.3, -0.25) is 4.79 Å². The van der Waals surface area contributed by atoms with E-state index in [0.717, 1.165) is 19.3 Å². The summed E-state index contributed by atoms with van der Waals surface area (Å²) < 4.78 is 0. The van der Waals surface area contributed by atoms with Gasteiger partial charge in [-0.15, -0.1) is 0 Å². The molecule has 1 fully saturated rings. The molecule has 1 atom stereocenters. The molecule has 5 heteroatoms. The molecule has 1 aromatic heterocycles. The van der Waals surface area contributed by atoms with Gasteiger partial charge in [-0.25, -0.2) is 4.98 Å². The molecule has 0 aromatic carbocycles. The second-order valence-electron chi connectivity index (χ2n) is 6.23. The third kappa shape index (κ3) is 3.63. The Morgan fingerprint density at radius 1 is 1.50 bits per heavy atom. The number of carbonyl (C=O) groups is 1. The van der Waals surface area contributed by atoms with Crippen molar-refractivity contribution in [1.29, 1.82) is 0 Å². The molecule has 1 saturated carbocycles. The predicted octanol–water partition coefficient (Wildman–Crippen LogP) is 3.48. The van der Waals surface area contributed by atoms with E-state index in [-0.39, 0.29) is 11.9 Å². The largest absolute Gasteiger partial charge is 0.373 e. The number of rotatable bonds is 3. The Balaban J connectivity index is 2.08. The molecule has 0 radical (unpaired) electrons. The maximum absolute atomic E-state index is 12.4. The lowest BCUT2D eigenvalue weighted by atomic mass is 9.75. The molecule has 0 bridgehead atoms. The van der Waals surface area contributed by atoms with Crippen LogP contribution < -0.4 is 10.6 Å². The van der Waals surface area contributed by atoms with Crippen molar-refractivity contribution in [2.24, 2.45) is 5.41 Å². The number of pyridine rings is 1. The first kappa shape index (κ1) is 15.1. The van der Waals surface area contributed by atoms with E-state index < -0.39 is 0 Å². The Kier molecular flexibility index (Phi) is 4.53. The summed E-state index contributed by atoms with van der Waals surface area (Å²) in [4.78, 5) is 16.4. The molecule has 20 heavy (non-hydrogen) atoms. The van der Waals surface area contributed by atoms with Crippen LogP contribution in [-0.4, -0.2) is 24.0 Å². The lowest BCUT2D eigenvalue weighted by Crippen LogP contribution is -2.40. The predicted molar refractivity (Wildman–Crippen MR) is 82.3 cm³/mol. The molecule has 1 aromatic rings. The van der Waals surface area contributed by atoms with Gasteiger partial charge in [0.05, 0.1) is 10.6 Å². The molecular formula is C15H22ClN3O. The van der Waals surface area contributed by atoms with E-state index in [1.54, 1.807) is 13.1 Å². The van der Waals surface area contributed by atoms with Crippen molar-refractivity contribution in [2.45, 2.75) is 45.6 Å². The summed E-state index contributed by atoms with van der Waals surface area (Å²) in [7, 11) is 1.77. The van der Waals surface area contributed by atoms with Gasteiger partial charge in [0.25, 0.3) is 5.91 Å². The summed E-state index contributed by atoms with van der Waals surface area (Å²) in [6.45, 7) is 4.51. The van der Waals surface area contributed by atoms with Gasteiger partial charge in [-0.05, 0) is 30.7 Å². The molecule has 1 heterocycles. The minimum absolute atomic E-state index is 0.114. The fourth-order valence-corrected chi connectivity index (χ4v) is 3.02. The first-order chi connectivity index (χ1) is 9.41. The molecule has 2 rings (SSSR count). The van der Waals surface area contributed by atoms with E-state index in [9.17, 15) is 4.79 Å². The Morgan fingerprint density at radius 2 is 2.25 bits per heavy atom. The zero-order valence-corrected chi connectivity index (χ0v) is 13.0. The van der Waals surface area contributed by atoms with Crippen molar-refractivity contribution < 1.29 is 4.79 Å². The van der Waals surface area contributed by atoms with E-state index in [1.807, 2.05) is 0 Å². The normalized spacial score (nSPS) is 21.3. The topological polar surface area (TPSA) is 54.0 Å². The third-order valence-corrected chi connectivity index (χ3v) is 4.20. The fraction of sp³-hybridized carbons (Fsp3) is 0.600. The number of nitrogens with one attached hydrogen (secondary N) is 2. The Hall–Kier alpha value is -1.29. The first-order valence-corrected chi connectivity index (χ1v) is 7.43. The molecule has 4 nitrogen and oxygen atoms in total. The minimum atomic E-state index is -0.114. The van der Waals surface area contributed by atoms with E-state index in [4.69, 9.17) is 11.6 Å². The molecule has 0 saturated heterocycles. The number of carbonyl (C=O) groups excluding carboxylic acids is 1. The summed E-state index contributed by atoms with van der Waals surface area (Å²) in [6, 6.07) is 1.92. The molecule has 110 valence electrons. The van der Waals surface area contributed by atoms with Crippen molar-refractivity contribution in [3.63, 3.8) is 0 Å². The third-order valence-electron chi connectivity index (χ3n) is 3.90. The lowest BCUT2D eigenvalue weighted by molar-refractivity contribution is 0.0902. The highest BCUT2D eigenvalue weighted by Crippen LogP contribution is 2.35. The number of nitrogens with zero attached hydrogens (tertiary/aromatic N) is 1. The average molecular weight is 296 g/mol. The van der Waals surface area contributed by atoms with Crippen LogP contribution in [0.2, 0.25) is 5.02 Å². The molecule has 1 aliphatic carbocycles. The second-order valence-corrected chi connectivity index (χ2v) is 6.64. The van der Waals surface area contributed by atoms with Gasteiger partial charge in [0, 0.05) is 19.3 Å². The van der Waals surface area contributed by atoms with E-state index in [0.29, 0.717) is 21.8 Å². The van der Waals surface area contributed by atoms with Crippen LogP contribution in [0.5, 0.6) is 0 Å². The molecule has 1 amide bonds. The Labute approximate surface area is 125 Å². The summed E-state index contributed by atoms with van der Waals surface area (Å²) >= 11 is 6.07. The maximum atomic E-state index is 12.4. The number of aromatic nitrogens is 1. The van der Waals surface area contributed by atoms with Crippen LogP contribution in [0.1, 0.15) is 49.9 Å². The maximum Gasteiger partial charge on any atom is 0.253 e. The molecule has 1 aliphatic rings. The Morgan fingerprint density at radius 3 is 2.90 bits per heavy atom. The van der Waals surface area contributed by atoms with Gasteiger partial charge < -0.3 is 10.6 Å². The zero-order valence-electron chi connectivity index (χ0n) is 12.3. The van der Waals surface area contributed by atoms with E-state index in [1.165, 1.54) is 12.6 Å². The van der Waals surface area contributed by atoms with Gasteiger partial charge in [-0.1, -0.05) is 31.9 Å². The van der Waals surface area contributed by atoms with Crippen molar-refractivity contribution in [1.82, 2.24) is 10.3 Å². The van der Waals surface area contributed by atoms with Crippen LogP contribution in [-0.2, 0) is 0 Å². The monoisotopic (exact) mass is 295 g/mol. The van der Waals surface area contributed by atoms with Crippen LogP contribution in [0.25, 0.3) is 0 Å². The van der Waals surface area contributed by atoms with Crippen LogP contribution in [0.4, 0.5) is 5.82 Å². The van der Waals surface area contributed by atoms with Crippen LogP contribution in [0.15, 0.2) is 12.3 Å². The second kappa shape index (κ2) is 6.00. The first-order valence-electron chi connectivity index (χ1n) is 7.05. The quantitative estimate of drug-likeness (QED) is 0.898. The van der Waals surface area contributed by atoms with Crippen molar-refractivity contribution >= 4 is 23.3 Å². The number of amides is 1. The summed E-state index contributed by atoms with van der Waals surface area (Å²) in [5.74, 6) is 0.528. The van der Waals surface area contributed by atoms with Crippen molar-refractivity contribution in [3.8, 4) is 0 Å². The van der Waals surface area contributed by atoms with Gasteiger partial charge in [-0.2, -0.15) is 0 Å². The number of anilines is 1. The van der Waals surface area contributed by atoms with Crippen LogP contribution in [0, 0.1) is 5.41 Å². The highest BCUT2D eigenvalue weighted by molar-refractivity contribution is 6.33. The summed E-state index contributed by atoms with van der Waals surface area (Å²) in [6.07, 6.45) is 5.94.